The number of rotatable bonds is 3. The lowest BCUT2D eigenvalue weighted by atomic mass is 9.90. The topological polar surface area (TPSA) is 52.7 Å². The number of imide groups is 1. The first-order valence-corrected chi connectivity index (χ1v) is 7.57. The van der Waals surface area contributed by atoms with Crippen LogP contribution in [0.4, 0.5) is 4.79 Å². The van der Waals surface area contributed by atoms with E-state index in [2.05, 4.69) is 5.32 Å². The molecule has 2 fully saturated rings. The van der Waals surface area contributed by atoms with E-state index in [0.29, 0.717) is 25.9 Å². The van der Waals surface area contributed by atoms with Crippen LogP contribution in [0.15, 0.2) is 30.3 Å². The number of hydrogen-bond acceptors (Lipinski definition) is 3. The number of hydrogen-bond donors (Lipinski definition) is 1. The molecule has 1 atom stereocenters. The van der Waals surface area contributed by atoms with Crippen LogP contribution in [0, 0.1) is 0 Å². The summed E-state index contributed by atoms with van der Waals surface area (Å²) in [7, 11) is 0. The Hall–Kier alpha value is -1.88. The lowest BCUT2D eigenvalue weighted by molar-refractivity contribution is -0.134. The van der Waals surface area contributed by atoms with Crippen LogP contribution in [0.1, 0.15) is 25.3 Å². The molecule has 3 amide bonds. The highest BCUT2D eigenvalue weighted by Crippen LogP contribution is 2.35. The van der Waals surface area contributed by atoms with Crippen molar-refractivity contribution >= 4 is 11.9 Å². The monoisotopic (exact) mass is 287 g/mol. The van der Waals surface area contributed by atoms with Crippen molar-refractivity contribution in [3.63, 3.8) is 0 Å². The minimum absolute atomic E-state index is 0.0393. The maximum absolute atomic E-state index is 12.9. The summed E-state index contributed by atoms with van der Waals surface area (Å²) in [6, 6.07) is 9.55. The highest BCUT2D eigenvalue weighted by molar-refractivity contribution is 6.07. The van der Waals surface area contributed by atoms with Gasteiger partial charge in [-0.3, -0.25) is 9.69 Å². The molecule has 112 valence electrons. The van der Waals surface area contributed by atoms with Crippen molar-refractivity contribution in [3.05, 3.63) is 35.9 Å². The summed E-state index contributed by atoms with van der Waals surface area (Å²) in [6.07, 6.45) is 1.36. The fourth-order valence-electron chi connectivity index (χ4n) is 3.37. The van der Waals surface area contributed by atoms with Gasteiger partial charge in [0.25, 0.3) is 5.91 Å². The lowest BCUT2D eigenvalue weighted by Crippen LogP contribution is -2.49. The summed E-state index contributed by atoms with van der Waals surface area (Å²) in [4.78, 5) is 28.8. The van der Waals surface area contributed by atoms with Crippen LogP contribution in [0.25, 0.3) is 0 Å². The minimum Gasteiger partial charge on any atom is -0.315 e. The predicted octanol–water partition coefficient (Wildman–Crippen LogP) is 1.59. The second-order valence-corrected chi connectivity index (χ2v) is 5.70. The molecule has 1 N–H and O–H groups in total. The molecule has 0 radical (unpaired) electrons. The first kappa shape index (κ1) is 14.1. The number of urea groups is 1. The fraction of sp³-hybridized carbons (Fsp3) is 0.500. The molecule has 1 unspecified atom stereocenters. The molecule has 2 aliphatic heterocycles. The van der Waals surface area contributed by atoms with Gasteiger partial charge in [0.1, 0.15) is 5.54 Å². The van der Waals surface area contributed by atoms with Crippen LogP contribution in [0.5, 0.6) is 0 Å². The van der Waals surface area contributed by atoms with E-state index in [4.69, 9.17) is 0 Å². The van der Waals surface area contributed by atoms with Gasteiger partial charge in [-0.25, -0.2) is 4.79 Å². The first-order valence-electron chi connectivity index (χ1n) is 7.57. The SMILES string of the molecule is CCC12CCNCCN1C(=O)N(Cc1ccccc1)C2=O. The van der Waals surface area contributed by atoms with Gasteiger partial charge in [0.05, 0.1) is 6.54 Å². The molecule has 2 aliphatic rings. The Labute approximate surface area is 124 Å². The quantitative estimate of drug-likeness (QED) is 0.859. The van der Waals surface area contributed by atoms with Crippen molar-refractivity contribution in [2.45, 2.75) is 31.8 Å². The number of nitrogens with one attached hydrogen (secondary N) is 1. The van der Waals surface area contributed by atoms with Crippen LogP contribution in [0.3, 0.4) is 0 Å². The van der Waals surface area contributed by atoms with Gasteiger partial charge >= 0.3 is 6.03 Å². The van der Waals surface area contributed by atoms with Gasteiger partial charge in [-0.2, -0.15) is 0 Å². The maximum Gasteiger partial charge on any atom is 0.328 e. The zero-order valence-corrected chi connectivity index (χ0v) is 12.3. The Morgan fingerprint density at radius 1 is 1.19 bits per heavy atom. The number of fused-ring (bicyclic) bond motifs is 1. The summed E-state index contributed by atoms with van der Waals surface area (Å²) < 4.78 is 0. The van der Waals surface area contributed by atoms with Crippen LogP contribution in [-0.4, -0.2) is 46.9 Å². The van der Waals surface area contributed by atoms with Gasteiger partial charge in [-0.15, -0.1) is 0 Å². The Morgan fingerprint density at radius 3 is 2.67 bits per heavy atom. The molecule has 0 spiro atoms. The number of nitrogens with zero attached hydrogens (tertiary/aromatic N) is 2. The molecule has 1 aromatic rings. The molecule has 0 aliphatic carbocycles. The standard InChI is InChI=1S/C16H21N3O2/c1-2-16-8-9-17-10-11-19(16)15(21)18(14(16)20)12-13-6-4-3-5-7-13/h3-7,17H,2,8-12H2,1H3. The van der Waals surface area contributed by atoms with Crippen molar-refractivity contribution in [2.24, 2.45) is 0 Å². The number of carbonyl (C=O) groups is 2. The van der Waals surface area contributed by atoms with E-state index in [0.717, 1.165) is 18.7 Å². The van der Waals surface area contributed by atoms with E-state index in [1.807, 2.05) is 37.3 Å². The number of amides is 3. The number of benzene rings is 1. The summed E-state index contributed by atoms with van der Waals surface area (Å²) in [5, 5.41) is 3.28. The Kier molecular flexibility index (Phi) is 3.68. The van der Waals surface area contributed by atoms with Gasteiger partial charge in [-0.1, -0.05) is 37.3 Å². The second-order valence-electron chi connectivity index (χ2n) is 5.70. The van der Waals surface area contributed by atoms with Crippen molar-refractivity contribution < 1.29 is 9.59 Å². The van der Waals surface area contributed by atoms with Crippen molar-refractivity contribution in [1.82, 2.24) is 15.1 Å². The van der Waals surface area contributed by atoms with E-state index < -0.39 is 5.54 Å². The molecule has 5 heteroatoms. The van der Waals surface area contributed by atoms with Crippen LogP contribution >= 0.6 is 0 Å². The molecule has 1 aromatic carbocycles. The molecule has 3 rings (SSSR count). The molecule has 0 saturated carbocycles. The van der Waals surface area contributed by atoms with E-state index in [1.54, 1.807) is 4.90 Å². The van der Waals surface area contributed by atoms with Crippen LogP contribution < -0.4 is 5.32 Å². The summed E-state index contributed by atoms with van der Waals surface area (Å²) in [6.45, 7) is 4.49. The fourth-order valence-corrected chi connectivity index (χ4v) is 3.37. The third-order valence-corrected chi connectivity index (χ3v) is 4.62. The zero-order valence-electron chi connectivity index (χ0n) is 12.3. The first-order chi connectivity index (χ1) is 10.2. The van der Waals surface area contributed by atoms with Crippen molar-refractivity contribution in [2.75, 3.05) is 19.6 Å². The van der Waals surface area contributed by atoms with E-state index in [1.165, 1.54) is 4.90 Å². The van der Waals surface area contributed by atoms with E-state index in [9.17, 15) is 9.59 Å². The Balaban J connectivity index is 1.90. The molecule has 5 nitrogen and oxygen atoms in total. The third-order valence-electron chi connectivity index (χ3n) is 4.62. The number of carbonyl (C=O) groups excluding carboxylic acids is 2. The van der Waals surface area contributed by atoms with Gasteiger partial charge in [0.15, 0.2) is 0 Å². The van der Waals surface area contributed by atoms with Gasteiger partial charge in [0.2, 0.25) is 0 Å². The summed E-state index contributed by atoms with van der Waals surface area (Å²) in [5.41, 5.74) is 0.344. The predicted molar refractivity (Wildman–Crippen MR) is 79.6 cm³/mol. The Bertz CT molecular complexity index is 546. The third kappa shape index (κ3) is 2.21. The van der Waals surface area contributed by atoms with Crippen LogP contribution in [-0.2, 0) is 11.3 Å². The van der Waals surface area contributed by atoms with Crippen molar-refractivity contribution in [1.29, 1.82) is 0 Å². The van der Waals surface area contributed by atoms with Crippen LogP contribution in [0.2, 0.25) is 0 Å². The average molecular weight is 287 g/mol. The molecule has 2 saturated heterocycles. The normalized spacial score (nSPS) is 26.0. The van der Waals surface area contributed by atoms with Gasteiger partial charge in [0, 0.05) is 13.1 Å². The van der Waals surface area contributed by atoms with Crippen molar-refractivity contribution in [3.8, 4) is 0 Å². The van der Waals surface area contributed by atoms with Gasteiger partial charge in [-0.05, 0) is 24.9 Å². The second kappa shape index (κ2) is 5.48. The zero-order chi connectivity index (χ0) is 14.9. The van der Waals surface area contributed by atoms with E-state index >= 15 is 0 Å². The molecule has 0 bridgehead atoms. The summed E-state index contributed by atoms with van der Waals surface area (Å²) in [5.74, 6) is -0.0393. The van der Waals surface area contributed by atoms with E-state index in [-0.39, 0.29) is 11.9 Å². The molecule has 2 heterocycles. The highest BCUT2D eigenvalue weighted by atomic mass is 16.2. The molecular formula is C16H21N3O2. The molecule has 0 aromatic heterocycles. The molecular weight excluding hydrogens is 266 g/mol. The minimum atomic E-state index is -0.643. The molecule has 21 heavy (non-hydrogen) atoms. The summed E-state index contributed by atoms with van der Waals surface area (Å²) >= 11 is 0. The average Bonchev–Trinajstić information content (AvgIpc) is 2.69. The lowest BCUT2D eigenvalue weighted by Gasteiger charge is -2.31. The Morgan fingerprint density at radius 2 is 1.95 bits per heavy atom. The largest absolute Gasteiger partial charge is 0.328 e. The highest BCUT2D eigenvalue weighted by Gasteiger charge is 2.55. The smallest absolute Gasteiger partial charge is 0.315 e. The maximum atomic E-state index is 12.9. The van der Waals surface area contributed by atoms with Gasteiger partial charge < -0.3 is 10.2 Å².